The van der Waals surface area contributed by atoms with Crippen molar-refractivity contribution >= 4 is 27.5 Å². The Hall–Kier alpha value is -1.11. The monoisotopic (exact) mass is 358 g/mol. The predicted molar refractivity (Wildman–Crippen MR) is 90.9 cm³/mol. The first-order valence-electron chi connectivity index (χ1n) is 7.76. The molecule has 2 atom stereocenters. The second-order valence-corrected chi connectivity index (χ2v) is 8.63. The fourth-order valence-corrected chi connectivity index (χ4v) is 4.30. The van der Waals surface area contributed by atoms with Gasteiger partial charge in [-0.15, -0.1) is 0 Å². The fraction of sp³-hybridized carbons (Fsp3) is 0.562. The van der Waals surface area contributed by atoms with E-state index in [1.165, 1.54) is 31.3 Å². The number of hydrogen-bond donors (Lipinski definition) is 0. The Kier molecular flexibility index (Phi) is 5.70. The lowest BCUT2D eigenvalue weighted by atomic mass is 9.97. The van der Waals surface area contributed by atoms with Crippen molar-refractivity contribution < 1.29 is 13.2 Å². The number of amides is 1. The molecule has 1 saturated heterocycles. The van der Waals surface area contributed by atoms with Crippen LogP contribution in [0.4, 0.5) is 0 Å². The van der Waals surface area contributed by atoms with Crippen molar-refractivity contribution in [3.8, 4) is 0 Å². The summed E-state index contributed by atoms with van der Waals surface area (Å²) < 4.78 is 26.2. The summed E-state index contributed by atoms with van der Waals surface area (Å²) in [6.07, 6.45) is 3.03. The molecule has 0 unspecified atom stereocenters. The number of nitrogens with zero attached hydrogens (tertiary/aromatic N) is 2. The molecule has 0 spiro atoms. The first-order chi connectivity index (χ1) is 10.7. The van der Waals surface area contributed by atoms with Gasteiger partial charge >= 0.3 is 0 Å². The number of hydrogen-bond acceptors (Lipinski definition) is 3. The van der Waals surface area contributed by atoms with E-state index in [2.05, 4.69) is 0 Å². The van der Waals surface area contributed by atoms with E-state index in [9.17, 15) is 13.2 Å². The SMILES string of the molecule is C[C@@H]1CCC[C@@H](C)N1C(=O)CN(C)S(=O)(=O)c1ccc(Cl)cc1. The van der Waals surface area contributed by atoms with Crippen LogP contribution < -0.4 is 0 Å². The molecule has 0 aliphatic carbocycles. The van der Waals surface area contributed by atoms with Gasteiger partial charge in [0.2, 0.25) is 15.9 Å². The van der Waals surface area contributed by atoms with Crippen LogP contribution >= 0.6 is 11.6 Å². The van der Waals surface area contributed by atoms with E-state index in [1.807, 2.05) is 18.7 Å². The number of rotatable bonds is 4. The maximum absolute atomic E-state index is 12.6. The lowest BCUT2D eigenvalue weighted by Gasteiger charge is -2.39. The summed E-state index contributed by atoms with van der Waals surface area (Å²) in [4.78, 5) is 14.5. The lowest BCUT2D eigenvalue weighted by Crippen LogP contribution is -2.51. The first kappa shape index (κ1) is 18.2. The third-order valence-corrected chi connectivity index (χ3v) is 6.43. The quantitative estimate of drug-likeness (QED) is 0.831. The topological polar surface area (TPSA) is 57.7 Å². The van der Waals surface area contributed by atoms with Gasteiger partial charge in [0.05, 0.1) is 11.4 Å². The van der Waals surface area contributed by atoms with Crippen LogP contribution in [0.1, 0.15) is 33.1 Å². The smallest absolute Gasteiger partial charge is 0.243 e. The van der Waals surface area contributed by atoms with Gasteiger partial charge in [-0.3, -0.25) is 4.79 Å². The summed E-state index contributed by atoms with van der Waals surface area (Å²) in [7, 11) is -2.27. The second-order valence-electron chi connectivity index (χ2n) is 6.14. The minimum atomic E-state index is -3.70. The van der Waals surface area contributed by atoms with Crippen LogP contribution in [0.5, 0.6) is 0 Å². The summed E-state index contributed by atoms with van der Waals surface area (Å²) in [5.41, 5.74) is 0. The molecule has 0 radical (unpaired) electrons. The average Bonchev–Trinajstić information content (AvgIpc) is 2.47. The number of sulfonamides is 1. The molecular weight excluding hydrogens is 336 g/mol. The zero-order chi connectivity index (χ0) is 17.2. The van der Waals surface area contributed by atoms with Gasteiger partial charge in [-0.25, -0.2) is 8.42 Å². The van der Waals surface area contributed by atoms with E-state index < -0.39 is 10.0 Å². The molecule has 1 aromatic rings. The summed E-state index contributed by atoms with van der Waals surface area (Å²) in [6, 6.07) is 6.25. The Morgan fingerprint density at radius 1 is 1.22 bits per heavy atom. The highest BCUT2D eigenvalue weighted by Gasteiger charge is 2.31. The van der Waals surface area contributed by atoms with Crippen molar-refractivity contribution in [1.29, 1.82) is 0 Å². The van der Waals surface area contributed by atoms with Gasteiger partial charge in [-0.2, -0.15) is 4.31 Å². The lowest BCUT2D eigenvalue weighted by molar-refractivity contribution is -0.137. The van der Waals surface area contributed by atoms with Gasteiger partial charge in [0.1, 0.15) is 0 Å². The third-order valence-electron chi connectivity index (χ3n) is 4.36. The number of likely N-dealkylation sites (tertiary alicyclic amines) is 1. The zero-order valence-electron chi connectivity index (χ0n) is 13.7. The van der Waals surface area contributed by atoms with Crippen LogP contribution in [0, 0.1) is 0 Å². The molecule has 0 aromatic heterocycles. The van der Waals surface area contributed by atoms with E-state index in [0.717, 1.165) is 23.6 Å². The molecule has 0 bridgehead atoms. The van der Waals surface area contributed by atoms with Crippen molar-refractivity contribution in [3.63, 3.8) is 0 Å². The number of carbonyl (C=O) groups excluding carboxylic acids is 1. The summed E-state index contributed by atoms with van der Waals surface area (Å²) in [6.45, 7) is 3.88. The Morgan fingerprint density at radius 3 is 2.26 bits per heavy atom. The van der Waals surface area contributed by atoms with Crippen LogP contribution in [0.2, 0.25) is 5.02 Å². The number of piperidine rings is 1. The maximum Gasteiger partial charge on any atom is 0.243 e. The van der Waals surface area contributed by atoms with Crippen molar-refractivity contribution in [1.82, 2.24) is 9.21 Å². The van der Waals surface area contributed by atoms with Crippen molar-refractivity contribution in [2.45, 2.75) is 50.1 Å². The van der Waals surface area contributed by atoms with E-state index in [-0.39, 0.29) is 29.4 Å². The normalized spacial score (nSPS) is 22.4. The first-order valence-corrected chi connectivity index (χ1v) is 9.58. The molecule has 5 nitrogen and oxygen atoms in total. The molecule has 2 rings (SSSR count). The second kappa shape index (κ2) is 7.20. The van der Waals surface area contributed by atoms with Crippen LogP contribution in [-0.4, -0.2) is 49.2 Å². The summed E-state index contributed by atoms with van der Waals surface area (Å²) in [5, 5.41) is 0.471. The Balaban J connectivity index is 2.12. The minimum Gasteiger partial charge on any atom is -0.336 e. The average molecular weight is 359 g/mol. The molecule has 23 heavy (non-hydrogen) atoms. The molecule has 0 saturated carbocycles. The van der Waals surface area contributed by atoms with Gasteiger partial charge in [0, 0.05) is 24.2 Å². The highest BCUT2D eigenvalue weighted by Crippen LogP contribution is 2.23. The van der Waals surface area contributed by atoms with Crippen LogP contribution in [0.3, 0.4) is 0 Å². The standard InChI is InChI=1S/C16H23ClN2O3S/c1-12-5-4-6-13(2)19(12)16(20)11-18(3)23(21,22)15-9-7-14(17)8-10-15/h7-10,12-13H,4-6,11H2,1-3H3/t12-,13-/m1/s1. The largest absolute Gasteiger partial charge is 0.336 e. The molecular formula is C16H23ClN2O3S. The number of halogens is 1. The number of likely N-dealkylation sites (N-methyl/N-ethyl adjacent to an activating group) is 1. The molecule has 1 fully saturated rings. The van der Waals surface area contributed by atoms with Crippen LogP contribution in [-0.2, 0) is 14.8 Å². The third kappa shape index (κ3) is 4.05. The van der Waals surface area contributed by atoms with Crippen LogP contribution in [0.15, 0.2) is 29.2 Å². The van der Waals surface area contributed by atoms with Crippen molar-refractivity contribution in [2.75, 3.05) is 13.6 Å². The molecule has 0 N–H and O–H groups in total. The highest BCUT2D eigenvalue weighted by atomic mass is 35.5. The number of carbonyl (C=O) groups is 1. The highest BCUT2D eigenvalue weighted by molar-refractivity contribution is 7.89. The summed E-state index contributed by atoms with van der Waals surface area (Å²) in [5.74, 6) is -0.148. The Labute approximate surface area is 143 Å². The fourth-order valence-electron chi connectivity index (χ4n) is 3.06. The molecule has 7 heteroatoms. The Morgan fingerprint density at radius 2 is 1.74 bits per heavy atom. The summed E-state index contributed by atoms with van der Waals surface area (Å²) >= 11 is 5.79. The van der Waals surface area contributed by atoms with Gasteiger partial charge in [-0.1, -0.05) is 11.6 Å². The van der Waals surface area contributed by atoms with Crippen molar-refractivity contribution in [2.24, 2.45) is 0 Å². The van der Waals surface area contributed by atoms with E-state index in [1.54, 1.807) is 0 Å². The van der Waals surface area contributed by atoms with Gasteiger partial charge in [0.15, 0.2) is 0 Å². The predicted octanol–water partition coefficient (Wildman–Crippen LogP) is 2.75. The molecule has 1 aliphatic heterocycles. The molecule has 1 aromatic carbocycles. The maximum atomic E-state index is 12.6. The number of benzene rings is 1. The molecule has 1 amide bonds. The van der Waals surface area contributed by atoms with Gasteiger partial charge < -0.3 is 4.90 Å². The van der Waals surface area contributed by atoms with E-state index in [4.69, 9.17) is 11.6 Å². The van der Waals surface area contributed by atoms with E-state index in [0.29, 0.717) is 5.02 Å². The molecule has 1 heterocycles. The minimum absolute atomic E-state index is 0.136. The molecule has 128 valence electrons. The Bertz CT molecular complexity index is 650. The molecule has 1 aliphatic rings. The van der Waals surface area contributed by atoms with Gasteiger partial charge in [0.25, 0.3) is 0 Å². The van der Waals surface area contributed by atoms with Crippen molar-refractivity contribution in [3.05, 3.63) is 29.3 Å². The zero-order valence-corrected chi connectivity index (χ0v) is 15.3. The van der Waals surface area contributed by atoms with E-state index >= 15 is 0 Å². The van der Waals surface area contributed by atoms with Gasteiger partial charge in [-0.05, 0) is 57.4 Å². The van der Waals surface area contributed by atoms with Crippen LogP contribution in [0.25, 0.3) is 0 Å².